The zero-order valence-corrected chi connectivity index (χ0v) is 23.2. The van der Waals surface area contributed by atoms with E-state index in [1.54, 1.807) is 0 Å². The molecule has 1 aromatic heterocycles. The maximum Gasteiger partial charge on any atom is 0.339 e. The topological polar surface area (TPSA) is 283 Å². The van der Waals surface area contributed by atoms with E-state index < -0.39 is 111 Å². The van der Waals surface area contributed by atoms with Crippen molar-refractivity contribution < 1.29 is 78.9 Å². The molecule has 9 N–H and O–H groups in total. The van der Waals surface area contributed by atoms with Gasteiger partial charge in [-0.05, 0) is 30.3 Å². The number of aliphatic hydroxyl groups is 2. The van der Waals surface area contributed by atoms with Crippen molar-refractivity contribution in [1.82, 2.24) is 0 Å². The van der Waals surface area contributed by atoms with Gasteiger partial charge >= 0.3 is 11.9 Å². The van der Waals surface area contributed by atoms with E-state index in [1.165, 1.54) is 6.07 Å². The first-order valence-electron chi connectivity index (χ1n) is 13.0. The second kappa shape index (κ2) is 11.9. The first-order chi connectivity index (χ1) is 21.7. The minimum absolute atomic E-state index is 0.128. The molecule has 1 aliphatic rings. The van der Waals surface area contributed by atoms with Crippen LogP contribution in [-0.2, 0) is 19.0 Å². The minimum atomic E-state index is -2.19. The summed E-state index contributed by atoms with van der Waals surface area (Å²) in [5, 5.41) is 90.6. The van der Waals surface area contributed by atoms with Crippen molar-refractivity contribution in [3.63, 3.8) is 0 Å². The second-order valence-corrected chi connectivity index (χ2v) is 9.91. The van der Waals surface area contributed by atoms with Crippen LogP contribution in [0.15, 0.2) is 51.7 Å². The van der Waals surface area contributed by atoms with Gasteiger partial charge in [0.25, 0.3) is 0 Å². The number of carbonyl (C=O) groups is 2. The summed E-state index contributed by atoms with van der Waals surface area (Å²) in [6.45, 7) is 0. The quantitative estimate of drug-likeness (QED) is 0.103. The molecule has 17 heteroatoms. The molecule has 0 unspecified atom stereocenters. The van der Waals surface area contributed by atoms with Gasteiger partial charge in [-0.2, -0.15) is 0 Å². The molecule has 0 radical (unpaired) electrons. The molecule has 0 spiro atoms. The maximum atomic E-state index is 13.8. The van der Waals surface area contributed by atoms with Gasteiger partial charge in [-0.25, -0.2) is 9.59 Å². The highest BCUT2D eigenvalue weighted by Gasteiger charge is 2.52. The van der Waals surface area contributed by atoms with Crippen LogP contribution in [0.4, 0.5) is 0 Å². The third-order valence-electron chi connectivity index (χ3n) is 6.92. The highest BCUT2D eigenvalue weighted by Crippen LogP contribution is 2.40. The van der Waals surface area contributed by atoms with E-state index in [9.17, 15) is 60.3 Å². The number of esters is 2. The summed E-state index contributed by atoms with van der Waals surface area (Å²) in [6.07, 6.45) is -10.5. The van der Waals surface area contributed by atoms with Crippen LogP contribution in [0.1, 0.15) is 10.4 Å². The number of hydrogen-bond donors (Lipinski definition) is 9. The van der Waals surface area contributed by atoms with Gasteiger partial charge in [0.15, 0.2) is 46.7 Å². The Bertz CT molecular complexity index is 1890. The van der Waals surface area contributed by atoms with Crippen LogP contribution in [0.3, 0.4) is 0 Å². The van der Waals surface area contributed by atoms with Crippen molar-refractivity contribution in [1.29, 1.82) is 0 Å². The molecule has 5 atom stereocenters. The Labute approximate surface area is 255 Å². The Kier molecular flexibility index (Phi) is 8.14. The molecule has 4 aromatic rings. The molecular formula is C29H24O17. The van der Waals surface area contributed by atoms with Crippen molar-refractivity contribution in [3.05, 3.63) is 58.3 Å². The van der Waals surface area contributed by atoms with E-state index in [-0.39, 0.29) is 11.1 Å². The van der Waals surface area contributed by atoms with Gasteiger partial charge in [0.2, 0.25) is 17.5 Å². The molecule has 2 heterocycles. The Morgan fingerprint density at radius 2 is 1.48 bits per heavy atom. The number of rotatable bonds is 6. The zero-order valence-electron chi connectivity index (χ0n) is 23.2. The smallest absolute Gasteiger partial charge is 0.339 e. The lowest BCUT2D eigenvalue weighted by molar-refractivity contribution is -0.271. The van der Waals surface area contributed by atoms with E-state index in [2.05, 4.69) is 4.74 Å². The summed E-state index contributed by atoms with van der Waals surface area (Å²) in [5.74, 6) is -9.27. The molecule has 1 fully saturated rings. The first kappa shape index (κ1) is 31.5. The molecule has 17 nitrogen and oxygen atoms in total. The van der Waals surface area contributed by atoms with Gasteiger partial charge in [-0.1, -0.05) is 0 Å². The van der Waals surface area contributed by atoms with Gasteiger partial charge in [0.1, 0.15) is 34.7 Å². The number of carbonyl (C=O) groups excluding carboxylic acids is 2. The van der Waals surface area contributed by atoms with Gasteiger partial charge in [0, 0.05) is 17.7 Å². The van der Waals surface area contributed by atoms with E-state index >= 15 is 0 Å². The number of ether oxygens (including phenoxy) is 4. The van der Waals surface area contributed by atoms with Crippen molar-refractivity contribution in [3.8, 4) is 57.3 Å². The predicted octanol–water partition coefficient (Wildman–Crippen LogP) is 0.623. The number of aliphatic hydroxyl groups excluding tert-OH is 2. The Morgan fingerprint density at radius 3 is 2.11 bits per heavy atom. The van der Waals surface area contributed by atoms with E-state index in [1.807, 2.05) is 0 Å². The van der Waals surface area contributed by atoms with Gasteiger partial charge in [-0.3, -0.25) is 4.79 Å². The third kappa shape index (κ3) is 5.56. The summed E-state index contributed by atoms with van der Waals surface area (Å²) in [7, 11) is 0.933. The molecule has 0 saturated carbocycles. The largest absolute Gasteiger partial charge is 0.508 e. The molecule has 0 amide bonds. The highest BCUT2D eigenvalue weighted by molar-refractivity contribution is 5.91. The fraction of sp³-hybridized carbons (Fsp3) is 0.207. The van der Waals surface area contributed by atoms with Crippen molar-refractivity contribution in [2.75, 3.05) is 7.11 Å². The second-order valence-electron chi connectivity index (χ2n) is 9.91. The minimum Gasteiger partial charge on any atom is -0.508 e. The number of phenols is 7. The average Bonchev–Trinajstić information content (AvgIpc) is 3.00. The Hall–Kier alpha value is -5.91. The number of phenolic OH excluding ortho intramolecular Hbond substituents is 7. The van der Waals surface area contributed by atoms with Gasteiger partial charge < -0.3 is 69.3 Å². The van der Waals surface area contributed by atoms with Crippen LogP contribution < -0.4 is 10.2 Å². The monoisotopic (exact) mass is 644 g/mol. The summed E-state index contributed by atoms with van der Waals surface area (Å²) in [4.78, 5) is 39.2. The Morgan fingerprint density at radius 1 is 0.804 bits per heavy atom. The average molecular weight is 644 g/mol. The zero-order chi connectivity index (χ0) is 33.6. The SMILES string of the molecule is COC(=O)[C@H]1O[C@@H](Oc2c(-c3ccc(O)c(O)c3)oc3cc(O)cc(O)c3c2=O)[C@H](OC(=O)c2cc(O)c(O)c(O)c2)[C@@H](O)[C@@H]1O. The molecule has 0 aliphatic carbocycles. The van der Waals surface area contributed by atoms with E-state index in [4.69, 9.17) is 18.6 Å². The number of methoxy groups -OCH3 is 1. The first-order valence-corrected chi connectivity index (χ1v) is 13.0. The maximum absolute atomic E-state index is 13.8. The molecule has 1 aliphatic heterocycles. The predicted molar refractivity (Wildman–Crippen MR) is 149 cm³/mol. The molecule has 3 aromatic carbocycles. The number of fused-ring (bicyclic) bond motifs is 1. The summed E-state index contributed by atoms with van der Waals surface area (Å²) < 4.78 is 26.8. The number of benzene rings is 3. The fourth-order valence-electron chi connectivity index (χ4n) is 4.63. The van der Waals surface area contributed by atoms with Crippen LogP contribution in [0.25, 0.3) is 22.3 Å². The molecule has 46 heavy (non-hydrogen) atoms. The van der Waals surface area contributed by atoms with Crippen LogP contribution in [0.2, 0.25) is 0 Å². The molecule has 0 bridgehead atoms. The van der Waals surface area contributed by atoms with Gasteiger partial charge in [-0.15, -0.1) is 0 Å². The molecule has 5 rings (SSSR count). The molecule has 242 valence electrons. The lowest BCUT2D eigenvalue weighted by Crippen LogP contribution is -2.62. The molecule has 1 saturated heterocycles. The van der Waals surface area contributed by atoms with Crippen molar-refractivity contribution in [2.24, 2.45) is 0 Å². The third-order valence-corrected chi connectivity index (χ3v) is 6.92. The van der Waals surface area contributed by atoms with Crippen LogP contribution in [0.5, 0.6) is 46.0 Å². The molecular weight excluding hydrogens is 620 g/mol. The summed E-state index contributed by atoms with van der Waals surface area (Å²) in [6, 6.07) is 6.33. The van der Waals surface area contributed by atoms with Crippen LogP contribution >= 0.6 is 0 Å². The normalized spacial score (nSPS) is 21.1. The Balaban J connectivity index is 1.66. The van der Waals surface area contributed by atoms with E-state index in [0.29, 0.717) is 12.1 Å². The van der Waals surface area contributed by atoms with Crippen molar-refractivity contribution >= 4 is 22.9 Å². The standard InChI is InChI=1S/C29H24O17/c1-42-28(41)25-21(38)22(39)26(44-27(40)10-5-15(34)19(36)16(35)6-10)29(46-25)45-24-20(37)18-14(33)7-11(30)8-17(18)43-23(24)9-2-3-12(31)13(32)4-9/h2-8,21-22,25-26,29-36,38-39H,1H3/t21-,22-,25-,26+,29+/m0/s1. The highest BCUT2D eigenvalue weighted by atomic mass is 16.7. The van der Waals surface area contributed by atoms with Gasteiger partial charge in [0.05, 0.1) is 12.7 Å². The van der Waals surface area contributed by atoms with Crippen LogP contribution in [0, 0.1) is 0 Å². The fourth-order valence-corrected chi connectivity index (χ4v) is 4.63. The number of hydrogen-bond acceptors (Lipinski definition) is 17. The number of aromatic hydroxyl groups is 7. The van der Waals surface area contributed by atoms with Crippen LogP contribution in [-0.4, -0.2) is 95.7 Å². The summed E-state index contributed by atoms with van der Waals surface area (Å²) in [5.41, 5.74) is -2.21. The van der Waals surface area contributed by atoms with Crippen molar-refractivity contribution in [2.45, 2.75) is 30.7 Å². The lowest BCUT2D eigenvalue weighted by atomic mass is 9.98. The lowest BCUT2D eigenvalue weighted by Gasteiger charge is -2.40. The summed E-state index contributed by atoms with van der Waals surface area (Å²) >= 11 is 0. The van der Waals surface area contributed by atoms with E-state index in [0.717, 1.165) is 31.4 Å².